The zero-order valence-corrected chi connectivity index (χ0v) is 12.0. The molecule has 0 saturated carbocycles. The fourth-order valence-electron chi connectivity index (χ4n) is 2.75. The van der Waals surface area contributed by atoms with Crippen LogP contribution in [0.3, 0.4) is 0 Å². The fourth-order valence-corrected chi connectivity index (χ4v) is 2.75. The third-order valence-electron chi connectivity index (χ3n) is 4.11. The Labute approximate surface area is 119 Å². The predicted octanol–water partition coefficient (Wildman–Crippen LogP) is 2.18. The van der Waals surface area contributed by atoms with E-state index in [0.29, 0.717) is 6.54 Å². The standard InChI is InChI=1S/C17H19N2O/c1-13-6-5-10-18(14(13)2)12-17(20)19-11-9-15-7-3-4-8-16(15)19/h3-8,10H,9,11-12H2,1-2H3/q+1. The molecule has 1 aliphatic rings. The molecule has 0 bridgehead atoms. The Morgan fingerprint density at radius 3 is 2.85 bits per heavy atom. The molecule has 0 saturated heterocycles. The molecule has 0 spiro atoms. The van der Waals surface area contributed by atoms with Crippen molar-refractivity contribution in [3.05, 3.63) is 59.4 Å². The molecular formula is C17H19N2O+. The van der Waals surface area contributed by atoms with Crippen molar-refractivity contribution in [2.75, 3.05) is 11.4 Å². The maximum Gasteiger partial charge on any atom is 0.292 e. The van der Waals surface area contributed by atoms with Gasteiger partial charge in [0.25, 0.3) is 5.91 Å². The molecule has 1 amide bonds. The molecule has 1 aromatic heterocycles. The molecule has 0 atom stereocenters. The highest BCUT2D eigenvalue weighted by molar-refractivity contribution is 5.94. The lowest BCUT2D eigenvalue weighted by Gasteiger charge is -2.15. The minimum Gasteiger partial charge on any atom is -0.306 e. The van der Waals surface area contributed by atoms with Gasteiger partial charge in [-0.1, -0.05) is 18.2 Å². The zero-order valence-electron chi connectivity index (χ0n) is 12.0. The Hall–Kier alpha value is -2.16. The first kappa shape index (κ1) is 12.9. The first-order chi connectivity index (χ1) is 9.66. The van der Waals surface area contributed by atoms with Crippen molar-refractivity contribution >= 4 is 11.6 Å². The van der Waals surface area contributed by atoms with E-state index in [1.54, 1.807) is 0 Å². The highest BCUT2D eigenvalue weighted by Crippen LogP contribution is 2.27. The summed E-state index contributed by atoms with van der Waals surface area (Å²) in [6.45, 7) is 5.33. The van der Waals surface area contributed by atoms with Gasteiger partial charge in [0, 0.05) is 30.8 Å². The Morgan fingerprint density at radius 2 is 2.00 bits per heavy atom. The molecule has 3 rings (SSSR count). The van der Waals surface area contributed by atoms with Crippen molar-refractivity contribution in [2.24, 2.45) is 0 Å². The normalized spacial score (nSPS) is 13.4. The van der Waals surface area contributed by atoms with Crippen LogP contribution in [0.25, 0.3) is 0 Å². The lowest BCUT2D eigenvalue weighted by Crippen LogP contribution is -2.46. The van der Waals surface area contributed by atoms with Crippen LogP contribution in [0, 0.1) is 13.8 Å². The minimum atomic E-state index is 0.161. The van der Waals surface area contributed by atoms with E-state index in [4.69, 9.17) is 0 Å². The molecule has 0 aliphatic carbocycles. The van der Waals surface area contributed by atoms with Gasteiger partial charge in [0.05, 0.1) is 0 Å². The number of para-hydroxylation sites is 1. The second kappa shape index (κ2) is 5.08. The number of carbonyl (C=O) groups excluding carboxylic acids is 1. The van der Waals surface area contributed by atoms with Crippen LogP contribution in [0.1, 0.15) is 16.8 Å². The van der Waals surface area contributed by atoms with E-state index in [-0.39, 0.29) is 5.91 Å². The Balaban J connectivity index is 1.83. The minimum absolute atomic E-state index is 0.161. The topological polar surface area (TPSA) is 24.2 Å². The SMILES string of the molecule is Cc1ccc[n+](CC(=O)N2CCc3ccccc32)c1C. The smallest absolute Gasteiger partial charge is 0.292 e. The number of rotatable bonds is 2. The molecule has 0 fully saturated rings. The third kappa shape index (κ3) is 2.20. The van der Waals surface area contributed by atoms with Gasteiger partial charge in [0.15, 0.2) is 11.9 Å². The summed E-state index contributed by atoms with van der Waals surface area (Å²) in [4.78, 5) is 14.5. The molecule has 0 N–H and O–H groups in total. The van der Waals surface area contributed by atoms with Crippen LogP contribution in [0.5, 0.6) is 0 Å². The van der Waals surface area contributed by atoms with Crippen molar-refractivity contribution in [1.29, 1.82) is 0 Å². The molecule has 1 aromatic carbocycles. The molecule has 102 valence electrons. The Bertz CT molecular complexity index is 664. The van der Waals surface area contributed by atoms with Gasteiger partial charge < -0.3 is 4.90 Å². The number of aromatic nitrogens is 1. The number of benzene rings is 1. The van der Waals surface area contributed by atoms with Gasteiger partial charge in [0.1, 0.15) is 0 Å². The number of fused-ring (bicyclic) bond motifs is 1. The summed E-state index contributed by atoms with van der Waals surface area (Å²) in [5.41, 5.74) is 4.70. The second-order valence-electron chi connectivity index (χ2n) is 5.33. The largest absolute Gasteiger partial charge is 0.306 e. The van der Waals surface area contributed by atoms with Crippen LogP contribution in [0.15, 0.2) is 42.6 Å². The van der Waals surface area contributed by atoms with Gasteiger partial charge in [-0.25, -0.2) is 0 Å². The van der Waals surface area contributed by atoms with E-state index >= 15 is 0 Å². The summed E-state index contributed by atoms with van der Waals surface area (Å²) in [7, 11) is 0. The number of hydrogen-bond acceptors (Lipinski definition) is 1. The number of anilines is 1. The van der Waals surface area contributed by atoms with Gasteiger partial charge >= 0.3 is 0 Å². The first-order valence-corrected chi connectivity index (χ1v) is 7.01. The molecule has 3 heteroatoms. The fraction of sp³-hybridized carbons (Fsp3) is 0.294. The maximum absolute atomic E-state index is 12.5. The molecule has 3 nitrogen and oxygen atoms in total. The molecule has 0 unspecified atom stereocenters. The summed E-state index contributed by atoms with van der Waals surface area (Å²) in [6.07, 6.45) is 2.93. The van der Waals surface area contributed by atoms with Crippen LogP contribution in [0.4, 0.5) is 5.69 Å². The summed E-state index contributed by atoms with van der Waals surface area (Å²) < 4.78 is 2.03. The number of nitrogens with zero attached hydrogens (tertiary/aromatic N) is 2. The van der Waals surface area contributed by atoms with Crippen LogP contribution in [-0.2, 0) is 17.8 Å². The monoisotopic (exact) mass is 267 g/mol. The summed E-state index contributed by atoms with van der Waals surface area (Å²) in [5, 5.41) is 0. The third-order valence-corrected chi connectivity index (χ3v) is 4.11. The van der Waals surface area contributed by atoms with E-state index < -0.39 is 0 Å². The average molecular weight is 267 g/mol. The van der Waals surface area contributed by atoms with Crippen LogP contribution < -0.4 is 9.47 Å². The van der Waals surface area contributed by atoms with Crippen LogP contribution in [0.2, 0.25) is 0 Å². The average Bonchev–Trinajstić information content (AvgIpc) is 2.88. The summed E-state index contributed by atoms with van der Waals surface area (Å²) in [5.74, 6) is 0.161. The number of hydrogen-bond donors (Lipinski definition) is 0. The maximum atomic E-state index is 12.5. The lowest BCUT2D eigenvalue weighted by molar-refractivity contribution is -0.690. The zero-order chi connectivity index (χ0) is 14.1. The molecule has 0 radical (unpaired) electrons. The number of carbonyl (C=O) groups is 1. The van der Waals surface area contributed by atoms with Crippen molar-refractivity contribution in [3.8, 4) is 0 Å². The van der Waals surface area contributed by atoms with Crippen LogP contribution >= 0.6 is 0 Å². The number of pyridine rings is 1. The summed E-state index contributed by atoms with van der Waals surface area (Å²) >= 11 is 0. The van der Waals surface area contributed by atoms with Gasteiger partial charge in [-0.05, 0) is 31.0 Å². The van der Waals surface area contributed by atoms with E-state index in [2.05, 4.69) is 26.0 Å². The van der Waals surface area contributed by atoms with Gasteiger partial charge in [-0.15, -0.1) is 0 Å². The second-order valence-corrected chi connectivity index (χ2v) is 5.33. The van der Waals surface area contributed by atoms with Crippen molar-refractivity contribution in [3.63, 3.8) is 0 Å². The molecule has 2 aromatic rings. The quantitative estimate of drug-likeness (QED) is 0.765. The van der Waals surface area contributed by atoms with E-state index in [1.807, 2.05) is 39.9 Å². The Kier molecular flexibility index (Phi) is 3.26. The Morgan fingerprint density at radius 1 is 1.20 bits per heavy atom. The first-order valence-electron chi connectivity index (χ1n) is 7.01. The molecule has 1 aliphatic heterocycles. The molecular weight excluding hydrogens is 248 g/mol. The van der Waals surface area contributed by atoms with E-state index in [1.165, 1.54) is 11.1 Å². The van der Waals surface area contributed by atoms with E-state index in [9.17, 15) is 4.79 Å². The molecule has 20 heavy (non-hydrogen) atoms. The van der Waals surface area contributed by atoms with Gasteiger partial charge in [-0.2, -0.15) is 4.57 Å². The van der Waals surface area contributed by atoms with Crippen molar-refractivity contribution in [2.45, 2.75) is 26.8 Å². The number of amides is 1. The van der Waals surface area contributed by atoms with Crippen LogP contribution in [-0.4, -0.2) is 12.5 Å². The highest BCUT2D eigenvalue weighted by Gasteiger charge is 2.26. The van der Waals surface area contributed by atoms with Crippen molar-refractivity contribution in [1.82, 2.24) is 0 Å². The predicted molar refractivity (Wildman–Crippen MR) is 78.6 cm³/mol. The van der Waals surface area contributed by atoms with Gasteiger partial charge in [-0.3, -0.25) is 4.79 Å². The lowest BCUT2D eigenvalue weighted by atomic mass is 10.2. The highest BCUT2D eigenvalue weighted by atomic mass is 16.2. The summed E-state index contributed by atoms with van der Waals surface area (Å²) in [6, 6.07) is 12.2. The van der Waals surface area contributed by atoms with Gasteiger partial charge in [0.2, 0.25) is 6.54 Å². The number of aryl methyl sites for hydroxylation is 1. The van der Waals surface area contributed by atoms with E-state index in [0.717, 1.165) is 24.3 Å². The van der Waals surface area contributed by atoms with Crippen molar-refractivity contribution < 1.29 is 9.36 Å². The molecule has 2 heterocycles.